The third-order valence-electron chi connectivity index (χ3n) is 2.99. The SMILES string of the molecule is CCCOc1ccc(C(CN)N(C)CC)cc1. The molecular weight excluding hydrogens is 212 g/mol. The fraction of sp³-hybridized carbons (Fsp3) is 0.571. The number of benzene rings is 1. The quantitative estimate of drug-likeness (QED) is 0.790. The van der Waals surface area contributed by atoms with Gasteiger partial charge in [-0.2, -0.15) is 0 Å². The molecule has 1 aromatic carbocycles. The Kier molecular flexibility index (Phi) is 6.01. The van der Waals surface area contributed by atoms with Gasteiger partial charge in [0, 0.05) is 12.6 Å². The first-order valence-corrected chi connectivity index (χ1v) is 6.36. The summed E-state index contributed by atoms with van der Waals surface area (Å²) < 4.78 is 5.57. The molecule has 2 N–H and O–H groups in total. The Labute approximate surface area is 105 Å². The summed E-state index contributed by atoms with van der Waals surface area (Å²) in [5.41, 5.74) is 7.08. The summed E-state index contributed by atoms with van der Waals surface area (Å²) in [6.07, 6.45) is 1.03. The standard InChI is InChI=1S/C14H24N2O/c1-4-10-17-13-8-6-12(7-9-13)14(11-15)16(3)5-2/h6-9,14H,4-5,10-11,15H2,1-3H3. The van der Waals surface area contributed by atoms with Crippen LogP contribution in [0.15, 0.2) is 24.3 Å². The molecular formula is C14H24N2O. The van der Waals surface area contributed by atoms with Crippen LogP contribution in [0.3, 0.4) is 0 Å². The zero-order valence-electron chi connectivity index (χ0n) is 11.1. The summed E-state index contributed by atoms with van der Waals surface area (Å²) in [7, 11) is 2.10. The van der Waals surface area contributed by atoms with E-state index in [4.69, 9.17) is 10.5 Å². The van der Waals surface area contributed by atoms with E-state index >= 15 is 0 Å². The van der Waals surface area contributed by atoms with Gasteiger partial charge in [0.15, 0.2) is 0 Å². The Morgan fingerprint density at radius 3 is 2.35 bits per heavy atom. The molecule has 1 unspecified atom stereocenters. The van der Waals surface area contributed by atoms with Crippen molar-refractivity contribution in [2.45, 2.75) is 26.3 Å². The zero-order valence-corrected chi connectivity index (χ0v) is 11.1. The van der Waals surface area contributed by atoms with Gasteiger partial charge in [-0.15, -0.1) is 0 Å². The smallest absolute Gasteiger partial charge is 0.119 e. The Morgan fingerprint density at radius 1 is 1.24 bits per heavy atom. The summed E-state index contributed by atoms with van der Waals surface area (Å²) in [5.74, 6) is 0.936. The van der Waals surface area contributed by atoms with E-state index < -0.39 is 0 Å². The van der Waals surface area contributed by atoms with E-state index in [0.29, 0.717) is 12.6 Å². The van der Waals surface area contributed by atoms with Crippen molar-refractivity contribution in [1.29, 1.82) is 0 Å². The van der Waals surface area contributed by atoms with E-state index in [2.05, 4.69) is 37.9 Å². The van der Waals surface area contributed by atoms with E-state index in [1.165, 1.54) is 5.56 Å². The van der Waals surface area contributed by atoms with Gasteiger partial charge in [0.1, 0.15) is 5.75 Å². The van der Waals surface area contributed by atoms with E-state index in [1.54, 1.807) is 0 Å². The Morgan fingerprint density at radius 2 is 1.88 bits per heavy atom. The van der Waals surface area contributed by atoms with Gasteiger partial charge in [-0.25, -0.2) is 0 Å². The first-order valence-electron chi connectivity index (χ1n) is 6.36. The number of rotatable bonds is 7. The molecule has 0 aliphatic rings. The van der Waals surface area contributed by atoms with E-state index in [0.717, 1.165) is 25.3 Å². The third kappa shape index (κ3) is 4.02. The maximum Gasteiger partial charge on any atom is 0.119 e. The van der Waals surface area contributed by atoms with Crippen LogP contribution in [0.1, 0.15) is 31.9 Å². The predicted octanol–water partition coefficient (Wildman–Crippen LogP) is 2.43. The first-order chi connectivity index (χ1) is 8.22. The van der Waals surface area contributed by atoms with Crippen LogP contribution in [0.25, 0.3) is 0 Å². The van der Waals surface area contributed by atoms with Crippen LogP contribution in [0.2, 0.25) is 0 Å². The Hall–Kier alpha value is -1.06. The van der Waals surface area contributed by atoms with Gasteiger partial charge in [0.25, 0.3) is 0 Å². The van der Waals surface area contributed by atoms with Crippen LogP contribution in [0, 0.1) is 0 Å². The monoisotopic (exact) mass is 236 g/mol. The molecule has 1 atom stereocenters. The van der Waals surface area contributed by atoms with Gasteiger partial charge in [0.2, 0.25) is 0 Å². The first kappa shape index (κ1) is 14.0. The molecule has 0 aromatic heterocycles. The fourth-order valence-corrected chi connectivity index (χ4v) is 1.80. The molecule has 0 amide bonds. The highest BCUT2D eigenvalue weighted by Crippen LogP contribution is 2.21. The van der Waals surface area contributed by atoms with Gasteiger partial charge in [-0.1, -0.05) is 26.0 Å². The summed E-state index contributed by atoms with van der Waals surface area (Å²) >= 11 is 0. The van der Waals surface area contributed by atoms with Crippen molar-refractivity contribution in [2.75, 3.05) is 26.7 Å². The van der Waals surface area contributed by atoms with Crippen LogP contribution in [0.4, 0.5) is 0 Å². The van der Waals surface area contributed by atoms with Crippen LogP contribution >= 0.6 is 0 Å². The molecule has 3 nitrogen and oxygen atoms in total. The minimum Gasteiger partial charge on any atom is -0.494 e. The van der Waals surface area contributed by atoms with Crippen molar-refractivity contribution < 1.29 is 4.74 Å². The predicted molar refractivity (Wildman–Crippen MR) is 72.3 cm³/mol. The van der Waals surface area contributed by atoms with Gasteiger partial charge >= 0.3 is 0 Å². The van der Waals surface area contributed by atoms with Crippen LogP contribution < -0.4 is 10.5 Å². The number of hydrogen-bond acceptors (Lipinski definition) is 3. The molecule has 0 spiro atoms. The lowest BCUT2D eigenvalue weighted by Gasteiger charge is -2.26. The second-order valence-electron chi connectivity index (χ2n) is 4.24. The summed E-state index contributed by atoms with van der Waals surface area (Å²) in [5, 5.41) is 0. The number of nitrogens with zero attached hydrogens (tertiary/aromatic N) is 1. The lowest BCUT2D eigenvalue weighted by molar-refractivity contribution is 0.263. The van der Waals surface area contributed by atoms with Crippen molar-refractivity contribution in [2.24, 2.45) is 5.73 Å². The third-order valence-corrected chi connectivity index (χ3v) is 2.99. The van der Waals surface area contributed by atoms with Crippen molar-refractivity contribution >= 4 is 0 Å². The van der Waals surface area contributed by atoms with Crippen LogP contribution in [0.5, 0.6) is 5.75 Å². The minimum absolute atomic E-state index is 0.292. The second kappa shape index (κ2) is 7.30. The summed E-state index contributed by atoms with van der Waals surface area (Å²) in [6, 6.07) is 8.55. The topological polar surface area (TPSA) is 38.5 Å². The molecule has 0 saturated carbocycles. The van der Waals surface area contributed by atoms with Crippen molar-refractivity contribution in [3.05, 3.63) is 29.8 Å². The molecule has 0 heterocycles. The normalized spacial score (nSPS) is 12.8. The molecule has 96 valence electrons. The lowest BCUT2D eigenvalue weighted by atomic mass is 10.1. The van der Waals surface area contributed by atoms with Gasteiger partial charge in [-0.3, -0.25) is 4.90 Å². The van der Waals surface area contributed by atoms with Crippen molar-refractivity contribution in [1.82, 2.24) is 4.90 Å². The average Bonchev–Trinajstić information content (AvgIpc) is 2.38. The van der Waals surface area contributed by atoms with Gasteiger partial charge in [0.05, 0.1) is 6.61 Å². The zero-order chi connectivity index (χ0) is 12.7. The van der Waals surface area contributed by atoms with Crippen molar-refractivity contribution in [3.8, 4) is 5.75 Å². The summed E-state index contributed by atoms with van der Waals surface area (Å²) in [6.45, 7) is 6.65. The molecule has 1 aromatic rings. The Balaban J connectivity index is 2.71. The number of hydrogen-bond donors (Lipinski definition) is 1. The number of ether oxygens (including phenoxy) is 1. The summed E-state index contributed by atoms with van der Waals surface area (Å²) in [4.78, 5) is 2.25. The second-order valence-corrected chi connectivity index (χ2v) is 4.24. The molecule has 0 aliphatic heterocycles. The van der Waals surface area contributed by atoms with Crippen LogP contribution in [-0.2, 0) is 0 Å². The average molecular weight is 236 g/mol. The largest absolute Gasteiger partial charge is 0.494 e. The van der Waals surface area contributed by atoms with E-state index in [9.17, 15) is 0 Å². The van der Waals surface area contributed by atoms with Gasteiger partial charge < -0.3 is 10.5 Å². The van der Waals surface area contributed by atoms with Crippen molar-refractivity contribution in [3.63, 3.8) is 0 Å². The highest BCUT2D eigenvalue weighted by Gasteiger charge is 2.13. The maximum atomic E-state index is 5.83. The van der Waals surface area contributed by atoms with E-state index in [-0.39, 0.29) is 0 Å². The van der Waals surface area contributed by atoms with Gasteiger partial charge in [-0.05, 0) is 37.7 Å². The lowest BCUT2D eigenvalue weighted by Crippen LogP contribution is -2.30. The highest BCUT2D eigenvalue weighted by atomic mass is 16.5. The molecule has 0 radical (unpaired) electrons. The molecule has 0 fully saturated rings. The maximum absolute atomic E-state index is 5.83. The minimum atomic E-state index is 0.292. The number of nitrogens with two attached hydrogens (primary N) is 1. The molecule has 0 saturated heterocycles. The van der Waals surface area contributed by atoms with Crippen LogP contribution in [-0.4, -0.2) is 31.6 Å². The molecule has 0 aliphatic carbocycles. The Bertz CT molecular complexity index is 311. The van der Waals surface area contributed by atoms with E-state index in [1.807, 2.05) is 12.1 Å². The molecule has 1 rings (SSSR count). The number of likely N-dealkylation sites (N-methyl/N-ethyl adjacent to an activating group) is 1. The fourth-order valence-electron chi connectivity index (χ4n) is 1.80. The molecule has 0 bridgehead atoms. The molecule has 17 heavy (non-hydrogen) atoms. The highest BCUT2D eigenvalue weighted by molar-refractivity contribution is 5.29. The molecule has 3 heteroatoms.